The molecule has 35 heavy (non-hydrogen) atoms. The van der Waals surface area contributed by atoms with Crippen LogP contribution < -0.4 is 10.1 Å². The van der Waals surface area contributed by atoms with Gasteiger partial charge in [0.2, 0.25) is 0 Å². The number of carbonyl (C=O) groups is 2. The van der Waals surface area contributed by atoms with E-state index in [1.54, 1.807) is 17.5 Å². The number of nitrogens with one attached hydrogen (secondary N) is 1. The molecule has 0 unspecified atom stereocenters. The molecule has 1 aromatic carbocycles. The normalized spacial score (nSPS) is 16.1. The van der Waals surface area contributed by atoms with Crippen molar-refractivity contribution in [2.75, 3.05) is 19.6 Å². The van der Waals surface area contributed by atoms with E-state index in [0.717, 1.165) is 48.6 Å². The standard InChI is InChI=1S/C21H22N4O2S.C2HF3O2/c26-21-20-16(23-11-7-17(20)27-14-5-9-22-10-6-14)13-25(21)12-8-19-24-15-3-1-2-4-18(15)28-19;3-2(4,5)1(6)7/h1-4,7,11,14,22H,5-6,8-10,12-13H2;(H,6,7). The molecule has 2 aliphatic rings. The third-order valence-corrected chi connectivity index (χ3v) is 6.69. The number of para-hydroxylation sites is 1. The average Bonchev–Trinajstić information content (AvgIpc) is 3.39. The smallest absolute Gasteiger partial charge is 0.489 e. The predicted octanol–water partition coefficient (Wildman–Crippen LogP) is 3.65. The first-order valence-corrected chi connectivity index (χ1v) is 11.8. The molecule has 1 amide bonds. The second-order valence-corrected chi connectivity index (χ2v) is 9.17. The molecule has 12 heteroatoms. The van der Waals surface area contributed by atoms with Crippen LogP contribution in [0.4, 0.5) is 13.2 Å². The van der Waals surface area contributed by atoms with E-state index in [4.69, 9.17) is 14.6 Å². The number of thiazole rings is 1. The zero-order valence-electron chi connectivity index (χ0n) is 18.5. The Hall–Kier alpha value is -3.25. The molecule has 5 rings (SSSR count). The van der Waals surface area contributed by atoms with Crippen LogP contribution in [0.5, 0.6) is 5.75 Å². The number of halogens is 3. The van der Waals surface area contributed by atoms with Gasteiger partial charge < -0.3 is 20.1 Å². The highest BCUT2D eigenvalue weighted by atomic mass is 32.1. The number of pyridine rings is 1. The van der Waals surface area contributed by atoms with Crippen LogP contribution in [0.15, 0.2) is 36.5 Å². The highest BCUT2D eigenvalue weighted by Crippen LogP contribution is 2.31. The van der Waals surface area contributed by atoms with Crippen molar-refractivity contribution in [2.24, 2.45) is 0 Å². The summed E-state index contributed by atoms with van der Waals surface area (Å²) in [5.41, 5.74) is 2.49. The van der Waals surface area contributed by atoms with E-state index in [0.29, 0.717) is 24.4 Å². The molecule has 0 spiro atoms. The number of benzene rings is 1. The number of rotatable bonds is 5. The summed E-state index contributed by atoms with van der Waals surface area (Å²) in [6, 6.07) is 9.97. The van der Waals surface area contributed by atoms with Crippen molar-refractivity contribution in [3.63, 3.8) is 0 Å². The molecule has 0 bridgehead atoms. The maximum atomic E-state index is 13.0. The first kappa shape index (κ1) is 24.9. The summed E-state index contributed by atoms with van der Waals surface area (Å²) in [6.45, 7) is 3.10. The summed E-state index contributed by atoms with van der Waals surface area (Å²) in [6.07, 6.45) is -0.486. The van der Waals surface area contributed by atoms with E-state index in [1.165, 1.54) is 4.70 Å². The van der Waals surface area contributed by atoms with Gasteiger partial charge in [0.25, 0.3) is 5.91 Å². The number of carboxylic acids is 1. The maximum absolute atomic E-state index is 13.0. The quantitative estimate of drug-likeness (QED) is 0.542. The predicted molar refractivity (Wildman–Crippen MR) is 123 cm³/mol. The van der Waals surface area contributed by atoms with E-state index in [-0.39, 0.29) is 12.0 Å². The molecule has 0 saturated carbocycles. The number of hydrogen-bond donors (Lipinski definition) is 2. The van der Waals surface area contributed by atoms with Gasteiger partial charge in [-0.3, -0.25) is 9.78 Å². The van der Waals surface area contributed by atoms with Crippen molar-refractivity contribution in [3.05, 3.63) is 52.8 Å². The van der Waals surface area contributed by atoms with Gasteiger partial charge in [-0.05, 0) is 44.1 Å². The molecule has 0 atom stereocenters. The van der Waals surface area contributed by atoms with Gasteiger partial charge in [0.15, 0.2) is 0 Å². The Labute approximate surface area is 202 Å². The summed E-state index contributed by atoms with van der Waals surface area (Å²) in [5, 5.41) is 11.5. The van der Waals surface area contributed by atoms with Crippen LogP contribution in [0.3, 0.4) is 0 Å². The summed E-state index contributed by atoms with van der Waals surface area (Å²) in [4.78, 5) is 32.9. The first-order chi connectivity index (χ1) is 16.7. The molecule has 2 aromatic heterocycles. The fourth-order valence-electron chi connectivity index (χ4n) is 3.87. The Morgan fingerprint density at radius 2 is 1.94 bits per heavy atom. The summed E-state index contributed by atoms with van der Waals surface area (Å²) in [7, 11) is 0. The lowest BCUT2D eigenvalue weighted by atomic mass is 10.1. The molecule has 186 valence electrons. The number of hydrogen-bond acceptors (Lipinski definition) is 7. The van der Waals surface area contributed by atoms with Crippen LogP contribution >= 0.6 is 11.3 Å². The molecule has 0 radical (unpaired) electrons. The minimum Gasteiger partial charge on any atom is -0.489 e. The molecule has 4 heterocycles. The van der Waals surface area contributed by atoms with E-state index >= 15 is 0 Å². The lowest BCUT2D eigenvalue weighted by molar-refractivity contribution is -0.192. The van der Waals surface area contributed by atoms with E-state index < -0.39 is 12.1 Å². The Bertz CT molecular complexity index is 1180. The highest BCUT2D eigenvalue weighted by molar-refractivity contribution is 7.18. The van der Waals surface area contributed by atoms with Crippen molar-refractivity contribution in [1.29, 1.82) is 0 Å². The van der Waals surface area contributed by atoms with Crippen LogP contribution in [-0.4, -0.2) is 63.8 Å². The lowest BCUT2D eigenvalue weighted by Gasteiger charge is -2.24. The Kier molecular flexibility index (Phi) is 7.51. The van der Waals surface area contributed by atoms with Gasteiger partial charge in [0.05, 0.1) is 27.5 Å². The van der Waals surface area contributed by atoms with Crippen molar-refractivity contribution in [2.45, 2.75) is 38.1 Å². The minimum absolute atomic E-state index is 0.0214. The van der Waals surface area contributed by atoms with Crippen molar-refractivity contribution >= 4 is 33.4 Å². The summed E-state index contributed by atoms with van der Waals surface area (Å²) >= 11 is 1.70. The topological polar surface area (TPSA) is 105 Å². The molecule has 2 N–H and O–H groups in total. The van der Waals surface area contributed by atoms with Gasteiger partial charge in [0.1, 0.15) is 17.4 Å². The summed E-state index contributed by atoms with van der Waals surface area (Å²) < 4.78 is 39.1. The second kappa shape index (κ2) is 10.6. The van der Waals surface area contributed by atoms with Gasteiger partial charge in [0, 0.05) is 19.2 Å². The number of piperidine rings is 1. The van der Waals surface area contributed by atoms with E-state index in [9.17, 15) is 18.0 Å². The maximum Gasteiger partial charge on any atom is 0.490 e. The minimum atomic E-state index is -5.08. The number of amides is 1. The molecule has 3 aromatic rings. The fraction of sp³-hybridized carbons (Fsp3) is 0.391. The lowest BCUT2D eigenvalue weighted by Crippen LogP contribution is -2.34. The number of fused-ring (bicyclic) bond motifs is 2. The van der Waals surface area contributed by atoms with Gasteiger partial charge >= 0.3 is 12.1 Å². The Balaban J connectivity index is 0.000000364. The number of alkyl halides is 3. The molecule has 1 saturated heterocycles. The van der Waals surface area contributed by atoms with Crippen LogP contribution in [0.25, 0.3) is 10.2 Å². The zero-order chi connectivity index (χ0) is 25.0. The van der Waals surface area contributed by atoms with Gasteiger partial charge in [-0.15, -0.1) is 11.3 Å². The molecular weight excluding hydrogens is 485 g/mol. The number of carbonyl (C=O) groups excluding carboxylic acids is 1. The van der Waals surface area contributed by atoms with Gasteiger partial charge in [-0.2, -0.15) is 13.2 Å². The number of aliphatic carboxylic acids is 1. The molecular formula is C23H23F3N4O4S. The second-order valence-electron chi connectivity index (χ2n) is 8.05. The Morgan fingerprint density at radius 1 is 1.23 bits per heavy atom. The molecule has 8 nitrogen and oxygen atoms in total. The van der Waals surface area contributed by atoms with Crippen LogP contribution in [-0.2, 0) is 17.8 Å². The third kappa shape index (κ3) is 6.06. The third-order valence-electron chi connectivity index (χ3n) is 5.59. The van der Waals surface area contributed by atoms with Crippen molar-refractivity contribution in [1.82, 2.24) is 20.2 Å². The van der Waals surface area contributed by atoms with Crippen molar-refractivity contribution in [3.8, 4) is 5.75 Å². The monoisotopic (exact) mass is 508 g/mol. The molecule has 2 aliphatic heterocycles. The highest BCUT2D eigenvalue weighted by Gasteiger charge is 2.38. The Morgan fingerprint density at radius 3 is 2.63 bits per heavy atom. The number of nitrogens with zero attached hydrogens (tertiary/aromatic N) is 3. The fourth-order valence-corrected chi connectivity index (χ4v) is 4.83. The first-order valence-electron chi connectivity index (χ1n) is 11.0. The van der Waals surface area contributed by atoms with E-state index in [1.807, 2.05) is 29.2 Å². The van der Waals surface area contributed by atoms with Crippen molar-refractivity contribution < 1.29 is 32.6 Å². The molecule has 0 aliphatic carbocycles. The number of carboxylic acid groups (broad SMARTS) is 1. The summed E-state index contributed by atoms with van der Waals surface area (Å²) in [5.74, 6) is -2.05. The van der Waals surface area contributed by atoms with Crippen LogP contribution in [0, 0.1) is 0 Å². The average molecular weight is 509 g/mol. The number of aromatic nitrogens is 2. The van der Waals surface area contributed by atoms with Crippen LogP contribution in [0.2, 0.25) is 0 Å². The van der Waals surface area contributed by atoms with Gasteiger partial charge in [-0.1, -0.05) is 12.1 Å². The SMILES string of the molecule is O=C(O)C(F)(F)F.O=C1c2c(OC3CCNCC3)ccnc2CN1CCc1nc2ccccc2s1. The zero-order valence-corrected chi connectivity index (χ0v) is 19.4. The van der Waals surface area contributed by atoms with Gasteiger partial charge in [-0.25, -0.2) is 9.78 Å². The largest absolute Gasteiger partial charge is 0.490 e. The van der Waals surface area contributed by atoms with E-state index in [2.05, 4.69) is 21.4 Å². The molecule has 1 fully saturated rings. The number of ether oxygens (including phenoxy) is 1. The van der Waals surface area contributed by atoms with Crippen LogP contribution in [0.1, 0.15) is 33.9 Å².